The lowest BCUT2D eigenvalue weighted by Gasteiger charge is -2.20. The van der Waals surface area contributed by atoms with Gasteiger partial charge in [-0.3, -0.25) is 9.78 Å². The summed E-state index contributed by atoms with van der Waals surface area (Å²) >= 11 is 0. The van der Waals surface area contributed by atoms with Crippen LogP contribution in [0.5, 0.6) is 0 Å². The van der Waals surface area contributed by atoms with Crippen LogP contribution < -0.4 is 5.32 Å². The van der Waals surface area contributed by atoms with E-state index in [0.717, 1.165) is 50.3 Å². The van der Waals surface area contributed by atoms with Gasteiger partial charge < -0.3 is 10.2 Å². The lowest BCUT2D eigenvalue weighted by Crippen LogP contribution is -2.32. The molecule has 1 aliphatic heterocycles. The minimum atomic E-state index is 0.376. The van der Waals surface area contributed by atoms with Gasteiger partial charge in [0.2, 0.25) is 5.91 Å². The van der Waals surface area contributed by atoms with Crippen molar-refractivity contribution in [1.82, 2.24) is 14.9 Å². The maximum absolute atomic E-state index is 12.2. The summed E-state index contributed by atoms with van der Waals surface area (Å²) in [5, 5.41) is 2.99. The van der Waals surface area contributed by atoms with Crippen molar-refractivity contribution in [2.75, 3.05) is 25.5 Å². The van der Waals surface area contributed by atoms with Crippen LogP contribution >= 0.6 is 0 Å². The predicted molar refractivity (Wildman–Crippen MR) is 86.5 cm³/mol. The number of aromatic nitrogens is 2. The molecule has 2 fully saturated rings. The second kappa shape index (κ2) is 7.07. The van der Waals surface area contributed by atoms with Crippen LogP contribution in [0.3, 0.4) is 0 Å². The fraction of sp³-hybridized carbons (Fsp3) is 0.706. The van der Waals surface area contributed by atoms with Gasteiger partial charge >= 0.3 is 0 Å². The van der Waals surface area contributed by atoms with Gasteiger partial charge in [0.05, 0.1) is 18.1 Å². The minimum absolute atomic E-state index is 0.376. The number of hydrogen-bond donors (Lipinski definition) is 1. The van der Waals surface area contributed by atoms with Gasteiger partial charge in [0, 0.05) is 26.6 Å². The summed E-state index contributed by atoms with van der Waals surface area (Å²) < 4.78 is 0. The number of carbonyl (C=O) groups is 1. The van der Waals surface area contributed by atoms with Crippen LogP contribution in [0.2, 0.25) is 0 Å². The second-order valence-electron chi connectivity index (χ2n) is 6.67. The van der Waals surface area contributed by atoms with Crippen molar-refractivity contribution in [3.05, 3.63) is 18.1 Å². The predicted octanol–water partition coefficient (Wildman–Crippen LogP) is 2.49. The van der Waals surface area contributed by atoms with E-state index in [1.807, 2.05) is 13.2 Å². The molecule has 1 aromatic heterocycles. The number of hydrogen-bond acceptors (Lipinski definition) is 4. The van der Waals surface area contributed by atoms with Crippen LogP contribution in [0.15, 0.2) is 12.4 Å². The Morgan fingerprint density at radius 3 is 2.73 bits per heavy atom. The molecule has 0 aromatic carbocycles. The van der Waals surface area contributed by atoms with Crippen LogP contribution in [0, 0.1) is 11.8 Å². The normalized spacial score (nSPS) is 22.2. The summed E-state index contributed by atoms with van der Waals surface area (Å²) in [7, 11) is 1.85. The number of anilines is 1. The monoisotopic (exact) mass is 302 g/mol. The second-order valence-corrected chi connectivity index (χ2v) is 6.67. The van der Waals surface area contributed by atoms with Gasteiger partial charge in [-0.15, -0.1) is 0 Å². The Morgan fingerprint density at radius 2 is 2.05 bits per heavy atom. The summed E-state index contributed by atoms with van der Waals surface area (Å²) in [6.07, 6.45) is 11.3. The van der Waals surface area contributed by atoms with Gasteiger partial charge in [0.25, 0.3) is 0 Å². The molecule has 1 N–H and O–H groups in total. The van der Waals surface area contributed by atoms with Crippen LogP contribution in [-0.4, -0.2) is 40.9 Å². The highest BCUT2D eigenvalue weighted by atomic mass is 16.2. The zero-order chi connectivity index (χ0) is 15.4. The molecule has 2 heterocycles. The quantitative estimate of drug-likeness (QED) is 0.908. The van der Waals surface area contributed by atoms with Gasteiger partial charge in [-0.1, -0.05) is 0 Å². The fourth-order valence-electron chi connectivity index (χ4n) is 3.20. The highest BCUT2D eigenvalue weighted by molar-refractivity contribution is 5.76. The number of carbonyl (C=O) groups excluding carboxylic acids is 1. The number of nitrogens with one attached hydrogen (secondary N) is 1. The van der Waals surface area contributed by atoms with E-state index in [2.05, 4.69) is 20.2 Å². The molecular formula is C17H26N4O. The average Bonchev–Trinajstić information content (AvgIpc) is 3.35. The highest BCUT2D eigenvalue weighted by Crippen LogP contribution is 2.33. The topological polar surface area (TPSA) is 58.1 Å². The largest absolute Gasteiger partial charge is 0.372 e. The van der Waals surface area contributed by atoms with E-state index in [1.54, 1.807) is 6.20 Å². The van der Waals surface area contributed by atoms with Crippen molar-refractivity contribution >= 4 is 11.7 Å². The Kier molecular flexibility index (Phi) is 4.90. The van der Waals surface area contributed by atoms with Gasteiger partial charge in [-0.2, -0.15) is 0 Å². The molecule has 1 aromatic rings. The third kappa shape index (κ3) is 4.18. The molecule has 120 valence electrons. The van der Waals surface area contributed by atoms with Crippen LogP contribution in [-0.2, 0) is 11.2 Å². The van der Waals surface area contributed by atoms with E-state index in [4.69, 9.17) is 0 Å². The molecule has 2 aliphatic rings. The molecule has 1 saturated carbocycles. The third-order valence-corrected chi connectivity index (χ3v) is 4.82. The van der Waals surface area contributed by atoms with Gasteiger partial charge in [-0.05, 0) is 50.4 Å². The molecule has 0 bridgehead atoms. The maximum atomic E-state index is 12.2. The number of likely N-dealkylation sites (tertiary alicyclic amines) is 1. The Labute approximate surface area is 132 Å². The van der Waals surface area contributed by atoms with E-state index >= 15 is 0 Å². The Bertz CT molecular complexity index is 498. The maximum Gasteiger partial charge on any atom is 0.222 e. The number of rotatable bonds is 5. The molecule has 3 rings (SSSR count). The van der Waals surface area contributed by atoms with Crippen LogP contribution in [0.1, 0.15) is 44.2 Å². The molecule has 0 radical (unpaired) electrons. The first-order valence-corrected chi connectivity index (χ1v) is 8.51. The molecular weight excluding hydrogens is 276 g/mol. The Hall–Kier alpha value is -1.65. The lowest BCUT2D eigenvalue weighted by atomic mass is 9.95. The van der Waals surface area contributed by atoms with Gasteiger partial charge in [0.1, 0.15) is 5.82 Å². The van der Waals surface area contributed by atoms with Crippen molar-refractivity contribution in [2.24, 2.45) is 11.8 Å². The average molecular weight is 302 g/mol. The molecule has 1 atom stereocenters. The lowest BCUT2D eigenvalue weighted by molar-refractivity contribution is -0.131. The highest BCUT2D eigenvalue weighted by Gasteiger charge is 2.28. The van der Waals surface area contributed by atoms with Crippen molar-refractivity contribution < 1.29 is 4.79 Å². The summed E-state index contributed by atoms with van der Waals surface area (Å²) in [6, 6.07) is 0. The van der Waals surface area contributed by atoms with E-state index in [1.165, 1.54) is 19.3 Å². The van der Waals surface area contributed by atoms with Gasteiger partial charge in [0.15, 0.2) is 0 Å². The summed E-state index contributed by atoms with van der Waals surface area (Å²) in [6.45, 7) is 1.85. The first-order valence-electron chi connectivity index (χ1n) is 8.51. The van der Waals surface area contributed by atoms with Crippen molar-refractivity contribution in [3.8, 4) is 0 Å². The molecule has 5 nitrogen and oxygen atoms in total. The third-order valence-electron chi connectivity index (χ3n) is 4.82. The SMILES string of the molecule is CNc1cnc(CC2CCCN(C(=O)CC3CC3)CC2)cn1. The fourth-order valence-corrected chi connectivity index (χ4v) is 3.20. The minimum Gasteiger partial charge on any atom is -0.372 e. The van der Waals surface area contributed by atoms with E-state index in [0.29, 0.717) is 17.7 Å². The molecule has 1 aliphatic carbocycles. The molecule has 1 unspecified atom stereocenters. The Balaban J connectivity index is 1.49. The zero-order valence-corrected chi connectivity index (χ0v) is 13.4. The first kappa shape index (κ1) is 15.3. The number of amides is 1. The smallest absolute Gasteiger partial charge is 0.222 e. The van der Waals surface area contributed by atoms with E-state index < -0.39 is 0 Å². The van der Waals surface area contributed by atoms with Crippen molar-refractivity contribution in [3.63, 3.8) is 0 Å². The summed E-state index contributed by atoms with van der Waals surface area (Å²) in [5.74, 6) is 2.49. The molecule has 22 heavy (non-hydrogen) atoms. The van der Waals surface area contributed by atoms with Gasteiger partial charge in [-0.25, -0.2) is 4.98 Å². The zero-order valence-electron chi connectivity index (χ0n) is 13.4. The summed E-state index contributed by atoms with van der Waals surface area (Å²) in [5.41, 5.74) is 1.06. The van der Waals surface area contributed by atoms with E-state index in [-0.39, 0.29) is 0 Å². The molecule has 0 spiro atoms. The van der Waals surface area contributed by atoms with Crippen LogP contribution in [0.25, 0.3) is 0 Å². The standard InChI is InChI=1S/C17H26N4O/c1-18-16-12-19-15(11-20-16)9-13-3-2-7-21(8-6-13)17(22)10-14-4-5-14/h11-14H,2-10H2,1H3,(H,18,20). The van der Waals surface area contributed by atoms with E-state index in [9.17, 15) is 4.79 Å². The molecule has 5 heteroatoms. The van der Waals surface area contributed by atoms with Crippen molar-refractivity contribution in [2.45, 2.75) is 44.9 Å². The first-order chi connectivity index (χ1) is 10.7. The Morgan fingerprint density at radius 1 is 1.18 bits per heavy atom. The molecule has 1 amide bonds. The summed E-state index contributed by atoms with van der Waals surface area (Å²) in [4.78, 5) is 23.1. The number of nitrogens with zero attached hydrogens (tertiary/aromatic N) is 3. The van der Waals surface area contributed by atoms with Crippen molar-refractivity contribution in [1.29, 1.82) is 0 Å². The van der Waals surface area contributed by atoms with Crippen LogP contribution in [0.4, 0.5) is 5.82 Å². The molecule has 1 saturated heterocycles.